The van der Waals surface area contributed by atoms with Crippen LogP contribution in [0.1, 0.15) is 53.5 Å². The highest BCUT2D eigenvalue weighted by Gasteiger charge is 2.41. The molecule has 0 aliphatic carbocycles. The summed E-state index contributed by atoms with van der Waals surface area (Å²) in [6, 6.07) is 0. The van der Waals surface area contributed by atoms with Gasteiger partial charge < -0.3 is 5.32 Å². The minimum Gasteiger partial charge on any atom is -0.375 e. The fourth-order valence-electron chi connectivity index (χ4n) is 2.36. The minimum absolute atomic E-state index is 0.137. The normalized spacial score (nSPS) is 16.4. The van der Waals surface area contributed by atoms with Crippen molar-refractivity contribution < 1.29 is 0 Å². The van der Waals surface area contributed by atoms with E-state index in [0.29, 0.717) is 11.3 Å². The lowest BCUT2D eigenvalue weighted by molar-refractivity contribution is 0.275. The molecular weight excluding hydrogens is 258 g/mol. The van der Waals surface area contributed by atoms with Gasteiger partial charge in [0.25, 0.3) is 0 Å². The van der Waals surface area contributed by atoms with Gasteiger partial charge in [0.05, 0.1) is 5.69 Å². The lowest BCUT2D eigenvalue weighted by atomic mass is 9.75. The van der Waals surface area contributed by atoms with Gasteiger partial charge in [0.1, 0.15) is 0 Å². The number of hydrogen-bond acceptors (Lipinski definition) is 4. The Morgan fingerprint density at radius 2 is 1.47 bits per heavy atom. The average Bonchev–Trinajstić information content (AvgIpc) is 2.20. The maximum Gasteiger partial charge on any atom is 0.249 e. The molecule has 1 aromatic carbocycles. The van der Waals surface area contributed by atoms with Gasteiger partial charge in [-0.2, -0.15) is 12.6 Å². The van der Waals surface area contributed by atoms with Crippen LogP contribution in [0.3, 0.4) is 0 Å². The van der Waals surface area contributed by atoms with E-state index in [1.165, 1.54) is 0 Å². The summed E-state index contributed by atoms with van der Waals surface area (Å²) in [5.74, 6) is 0. The third kappa shape index (κ3) is 3.22. The van der Waals surface area contributed by atoms with Crippen molar-refractivity contribution in [2.45, 2.75) is 65.2 Å². The van der Waals surface area contributed by atoms with Gasteiger partial charge in [0.15, 0.2) is 0 Å². The quantitative estimate of drug-likeness (QED) is 0.660. The van der Waals surface area contributed by atoms with Gasteiger partial charge in [-0.05, 0) is 39.5 Å². The van der Waals surface area contributed by atoms with E-state index in [9.17, 15) is 9.59 Å². The van der Waals surface area contributed by atoms with Crippen LogP contribution in [-0.4, -0.2) is 10.3 Å². The summed E-state index contributed by atoms with van der Waals surface area (Å²) in [6.45, 7) is 14.3. The fraction of sp³-hybridized carbons (Fsp3) is 0.733. The van der Waals surface area contributed by atoms with Gasteiger partial charge in [-0.15, -0.1) is 0 Å². The first-order chi connectivity index (χ1) is 8.28. The first kappa shape index (κ1) is 16.3. The Morgan fingerprint density at radius 3 is 1.84 bits per heavy atom. The van der Waals surface area contributed by atoms with E-state index in [4.69, 9.17) is 12.6 Å². The van der Waals surface area contributed by atoms with Crippen LogP contribution < -0.4 is 16.2 Å². The van der Waals surface area contributed by atoms with Gasteiger partial charge >= 0.3 is 0 Å². The highest BCUT2D eigenvalue weighted by Crippen LogP contribution is 2.40. The zero-order valence-corrected chi connectivity index (χ0v) is 13.9. The lowest BCUT2D eigenvalue weighted by Crippen LogP contribution is -2.54. The van der Waals surface area contributed by atoms with E-state index in [1.807, 2.05) is 13.8 Å². The van der Waals surface area contributed by atoms with Crippen LogP contribution in [0.25, 0.3) is 0 Å². The predicted molar refractivity (Wildman–Crippen MR) is 85.3 cm³/mol. The summed E-state index contributed by atoms with van der Waals surface area (Å²) in [6.07, 6.45) is 0.886. The Hall–Kier alpha value is -0.770. The van der Waals surface area contributed by atoms with E-state index in [0.717, 1.165) is 6.42 Å². The van der Waals surface area contributed by atoms with Gasteiger partial charge in [-0.3, -0.25) is 9.59 Å². The lowest BCUT2D eigenvalue weighted by Gasteiger charge is -2.45. The third-order valence-corrected chi connectivity index (χ3v) is 4.52. The highest BCUT2D eigenvalue weighted by molar-refractivity contribution is 7.81. The zero-order chi connectivity index (χ0) is 15.2. The van der Waals surface area contributed by atoms with E-state index in [2.05, 4.69) is 33.0 Å². The van der Waals surface area contributed by atoms with Crippen LogP contribution in [0.15, 0.2) is 9.59 Å². The Bertz CT molecular complexity index is 543. The molecule has 0 amide bonds. The predicted octanol–water partition coefficient (Wildman–Crippen LogP) is 2.91. The zero-order valence-electron chi connectivity index (χ0n) is 13.0. The van der Waals surface area contributed by atoms with Gasteiger partial charge in [0.2, 0.25) is 10.9 Å². The molecule has 1 atom stereocenters. The van der Waals surface area contributed by atoms with Crippen molar-refractivity contribution in [1.29, 1.82) is 0 Å². The second-order valence-corrected chi connectivity index (χ2v) is 8.41. The number of hydrogen-bond donors (Lipinski definition) is 2. The van der Waals surface area contributed by atoms with Crippen molar-refractivity contribution in [3.8, 4) is 0 Å². The number of nitrogens with one attached hydrogen (secondary N) is 1. The van der Waals surface area contributed by atoms with Crippen molar-refractivity contribution in [2.75, 3.05) is 5.32 Å². The fourth-order valence-corrected chi connectivity index (χ4v) is 2.89. The van der Waals surface area contributed by atoms with E-state index in [-0.39, 0.29) is 15.6 Å². The summed E-state index contributed by atoms with van der Waals surface area (Å²) in [4.78, 5) is 22.8. The molecule has 0 aliphatic rings. The number of rotatable bonds is 4. The molecule has 1 rings (SSSR count). The van der Waals surface area contributed by atoms with Crippen LogP contribution in [0, 0.1) is 12.3 Å². The molecule has 1 aromatic rings. The summed E-state index contributed by atoms with van der Waals surface area (Å²) in [5, 5.41) is 3.22. The maximum atomic E-state index is 11.6. The molecule has 0 heterocycles. The first-order valence-electron chi connectivity index (χ1n) is 6.59. The molecule has 1 N–H and O–H groups in total. The molecule has 1 unspecified atom stereocenters. The highest BCUT2D eigenvalue weighted by atomic mass is 32.1. The second kappa shape index (κ2) is 4.65. The SMILES string of the molecule is Cc1c(NC(C)(C)C(C)(S)CC(C)(C)C)c(=O)c1=O. The Morgan fingerprint density at radius 1 is 1.00 bits per heavy atom. The molecule has 0 bridgehead atoms. The van der Waals surface area contributed by atoms with Crippen LogP contribution in [0.4, 0.5) is 5.69 Å². The second-order valence-electron chi connectivity index (χ2n) is 7.42. The summed E-state index contributed by atoms with van der Waals surface area (Å²) in [5.41, 5.74) is -0.0723. The largest absolute Gasteiger partial charge is 0.375 e. The minimum atomic E-state index is -0.412. The molecule has 0 saturated heterocycles. The van der Waals surface area contributed by atoms with Gasteiger partial charge in [0, 0.05) is 15.8 Å². The Labute approximate surface area is 120 Å². The van der Waals surface area contributed by atoms with E-state index >= 15 is 0 Å². The topological polar surface area (TPSA) is 46.2 Å². The molecule has 0 saturated carbocycles. The van der Waals surface area contributed by atoms with Crippen molar-refractivity contribution in [3.05, 3.63) is 26.0 Å². The van der Waals surface area contributed by atoms with Crippen molar-refractivity contribution in [2.24, 2.45) is 5.41 Å². The summed E-state index contributed by atoms with van der Waals surface area (Å²) < 4.78 is -0.308. The number of thiol groups is 1. The molecular formula is C15H25NO2S. The molecule has 0 fully saturated rings. The van der Waals surface area contributed by atoms with Crippen LogP contribution in [-0.2, 0) is 0 Å². The van der Waals surface area contributed by atoms with Crippen molar-refractivity contribution >= 4 is 18.3 Å². The first-order valence-corrected chi connectivity index (χ1v) is 7.04. The summed E-state index contributed by atoms with van der Waals surface area (Å²) >= 11 is 4.80. The smallest absolute Gasteiger partial charge is 0.249 e. The maximum absolute atomic E-state index is 11.6. The Kier molecular flexibility index (Phi) is 3.99. The Balaban J connectivity index is 2.99. The van der Waals surface area contributed by atoms with Crippen LogP contribution in [0.2, 0.25) is 0 Å². The molecule has 0 spiro atoms. The summed E-state index contributed by atoms with van der Waals surface area (Å²) in [7, 11) is 0. The molecule has 4 heteroatoms. The van der Waals surface area contributed by atoms with Crippen LogP contribution >= 0.6 is 12.6 Å². The molecule has 0 aromatic heterocycles. The van der Waals surface area contributed by atoms with E-state index < -0.39 is 11.0 Å². The number of anilines is 1. The van der Waals surface area contributed by atoms with Crippen molar-refractivity contribution in [1.82, 2.24) is 0 Å². The van der Waals surface area contributed by atoms with Gasteiger partial charge in [-0.25, -0.2) is 0 Å². The molecule has 0 radical (unpaired) electrons. The molecule has 19 heavy (non-hydrogen) atoms. The van der Waals surface area contributed by atoms with Crippen molar-refractivity contribution in [3.63, 3.8) is 0 Å². The van der Waals surface area contributed by atoms with Crippen LogP contribution in [0.5, 0.6) is 0 Å². The molecule has 0 aliphatic heterocycles. The molecule has 3 nitrogen and oxygen atoms in total. The monoisotopic (exact) mass is 283 g/mol. The average molecular weight is 283 g/mol. The van der Waals surface area contributed by atoms with Gasteiger partial charge in [-0.1, -0.05) is 20.8 Å². The standard InChI is InChI=1S/C15H25NO2S/c1-9-10(12(18)11(9)17)16-14(5,6)15(7,19)8-13(2,3)4/h16,19H,8H2,1-7H3. The van der Waals surface area contributed by atoms with E-state index in [1.54, 1.807) is 6.92 Å². The molecule has 108 valence electrons. The third-order valence-electron chi connectivity index (χ3n) is 3.81.